The van der Waals surface area contributed by atoms with E-state index in [-0.39, 0.29) is 43.3 Å². The van der Waals surface area contributed by atoms with E-state index in [0.717, 1.165) is 20.4 Å². The molecular weight excluding hydrogens is 682 g/mol. The zero-order valence-corrected chi connectivity index (χ0v) is 28.3. The Morgan fingerprint density at radius 1 is 1.19 bits per heavy atom. The number of benzene rings is 2. The molecule has 11 heteroatoms. The smallest absolute Gasteiger partial charge is 0.305 e. The van der Waals surface area contributed by atoms with Crippen molar-refractivity contribution in [3.8, 4) is 0 Å². The molecule has 1 fully saturated rings. The molecule has 3 aliphatic heterocycles. The van der Waals surface area contributed by atoms with Crippen LogP contribution in [-0.2, 0) is 42.4 Å². The van der Waals surface area contributed by atoms with Crippen molar-refractivity contribution in [1.82, 2.24) is 4.90 Å². The first-order valence-corrected chi connectivity index (χ1v) is 19.0. The molecule has 0 aromatic heterocycles. The molecule has 2 amide bonds. The molecule has 1 spiro atoms. The number of carbonyl (C=O) groups excluding carboxylic acids is 3. The molecule has 1 saturated heterocycles. The highest BCUT2D eigenvalue weighted by molar-refractivity contribution is 14.1. The summed E-state index contributed by atoms with van der Waals surface area (Å²) in [6.45, 7) is 5.72. The van der Waals surface area contributed by atoms with Crippen LogP contribution in [0.15, 0.2) is 42.5 Å². The molecular formula is C32H40FIN2O6Si. The van der Waals surface area contributed by atoms with Gasteiger partial charge in [0.1, 0.15) is 0 Å². The fourth-order valence-corrected chi connectivity index (χ4v) is 10.4. The van der Waals surface area contributed by atoms with Crippen LogP contribution < -0.4 is 4.90 Å². The summed E-state index contributed by atoms with van der Waals surface area (Å²) in [6, 6.07) is 13.3. The lowest BCUT2D eigenvalue weighted by atomic mass is 9.82. The normalized spacial score (nSPS) is 26.5. The lowest BCUT2D eigenvalue weighted by molar-refractivity contribution is -0.151. The predicted octanol–water partition coefficient (Wildman–Crippen LogP) is 5.09. The number of aliphatic hydroxyl groups is 1. The van der Waals surface area contributed by atoms with Crippen molar-refractivity contribution in [2.45, 2.75) is 82.0 Å². The number of hydrogen-bond donors (Lipinski definition) is 1. The largest absolute Gasteiger partial charge is 0.469 e. The van der Waals surface area contributed by atoms with Crippen molar-refractivity contribution in [2.24, 2.45) is 5.92 Å². The topological polar surface area (TPSA) is 96.4 Å². The number of aliphatic hydroxyl groups excluding tert-OH is 1. The van der Waals surface area contributed by atoms with E-state index in [4.69, 9.17) is 9.47 Å². The van der Waals surface area contributed by atoms with Gasteiger partial charge >= 0.3 is 5.97 Å². The highest BCUT2D eigenvalue weighted by Gasteiger charge is 2.67. The van der Waals surface area contributed by atoms with Gasteiger partial charge in [-0.3, -0.25) is 14.4 Å². The molecule has 8 nitrogen and oxygen atoms in total. The Morgan fingerprint density at radius 3 is 2.58 bits per heavy atom. The minimum atomic E-state index is -3.45. The summed E-state index contributed by atoms with van der Waals surface area (Å²) in [5.41, 5.74) is 1.58. The standard InChI is InChI=1S/C32H40FIN2O6Si/c1-20-30(43(3,4)33)27(17-28(38)36-18-22-10-6-5-9-21(22)15-24(36)19-37)42-32(20)25-16-23(34)12-13-26(25)35(31(32)40)14-8-7-11-29(39)41-2/h5-6,9-10,12-13,16,20,24,27,30,37H,7-8,11,14-15,17-19H2,1-4H3/t20-,24-,27+,30-,32+/m0/s1. The monoisotopic (exact) mass is 722 g/mol. The number of hydrogen-bond acceptors (Lipinski definition) is 6. The number of anilines is 1. The first-order chi connectivity index (χ1) is 20.4. The summed E-state index contributed by atoms with van der Waals surface area (Å²) in [4.78, 5) is 43.3. The van der Waals surface area contributed by atoms with Crippen LogP contribution in [0.4, 0.5) is 9.80 Å². The minimum absolute atomic E-state index is 0.0680. The fraction of sp³-hybridized carbons (Fsp3) is 0.531. The van der Waals surface area contributed by atoms with Gasteiger partial charge in [0.25, 0.3) is 5.91 Å². The van der Waals surface area contributed by atoms with Crippen LogP contribution >= 0.6 is 22.6 Å². The molecule has 0 bridgehead atoms. The van der Waals surface area contributed by atoms with E-state index in [9.17, 15) is 19.5 Å². The molecule has 2 aromatic carbocycles. The number of methoxy groups -OCH3 is 1. The highest BCUT2D eigenvalue weighted by Crippen LogP contribution is 2.60. The van der Waals surface area contributed by atoms with E-state index in [1.54, 1.807) is 22.9 Å². The fourth-order valence-electron chi connectivity index (χ4n) is 7.41. The Bertz CT molecular complexity index is 1400. The molecule has 0 saturated carbocycles. The van der Waals surface area contributed by atoms with E-state index >= 15 is 4.11 Å². The number of rotatable bonds is 9. The third-order valence-corrected chi connectivity index (χ3v) is 12.6. The molecule has 5 rings (SSSR count). The summed E-state index contributed by atoms with van der Waals surface area (Å²) in [5, 5.41) is 10.2. The van der Waals surface area contributed by atoms with Gasteiger partial charge in [-0.2, -0.15) is 0 Å². The molecule has 232 valence electrons. The van der Waals surface area contributed by atoms with Crippen LogP contribution in [0.25, 0.3) is 0 Å². The summed E-state index contributed by atoms with van der Waals surface area (Å²) in [7, 11) is -2.09. The van der Waals surface area contributed by atoms with Crippen LogP contribution in [0.1, 0.15) is 49.3 Å². The van der Waals surface area contributed by atoms with Gasteiger partial charge in [-0.1, -0.05) is 31.2 Å². The Kier molecular flexibility index (Phi) is 9.37. The molecule has 2 aromatic rings. The van der Waals surface area contributed by atoms with Gasteiger partial charge in [0.2, 0.25) is 14.3 Å². The van der Waals surface area contributed by atoms with E-state index in [0.29, 0.717) is 37.9 Å². The SMILES string of the molecule is COC(=O)CCCCN1C(=O)[C@]2(O[C@H](CC(=O)N3Cc4ccccc4C[C@H]3CO)[C@@H]([Si](C)(C)F)[C@@H]2C)c2cc(I)ccc21. The lowest BCUT2D eigenvalue weighted by Crippen LogP contribution is -2.48. The van der Waals surface area contributed by atoms with E-state index in [2.05, 4.69) is 22.6 Å². The maximum atomic E-state index is 16.2. The average Bonchev–Trinajstić information content (AvgIpc) is 3.40. The van der Waals surface area contributed by atoms with Crippen LogP contribution in [0, 0.1) is 9.49 Å². The second kappa shape index (κ2) is 12.6. The van der Waals surface area contributed by atoms with Gasteiger partial charge in [-0.25, -0.2) is 0 Å². The van der Waals surface area contributed by atoms with Crippen molar-refractivity contribution in [1.29, 1.82) is 0 Å². The maximum absolute atomic E-state index is 16.2. The molecule has 5 atom stereocenters. The number of amides is 2. The maximum Gasteiger partial charge on any atom is 0.305 e. The molecule has 1 N–H and O–H groups in total. The Balaban J connectivity index is 1.45. The summed E-state index contributed by atoms with van der Waals surface area (Å²) in [6.07, 6.45) is 1.10. The van der Waals surface area contributed by atoms with Crippen molar-refractivity contribution in [3.05, 3.63) is 62.7 Å². The van der Waals surface area contributed by atoms with Gasteiger partial charge < -0.3 is 28.5 Å². The first-order valence-electron chi connectivity index (χ1n) is 14.9. The summed E-state index contributed by atoms with van der Waals surface area (Å²) >= 11 is 2.21. The molecule has 3 aliphatic rings. The Morgan fingerprint density at radius 2 is 1.91 bits per heavy atom. The lowest BCUT2D eigenvalue weighted by Gasteiger charge is -2.37. The van der Waals surface area contributed by atoms with E-state index in [1.807, 2.05) is 49.4 Å². The van der Waals surface area contributed by atoms with Crippen molar-refractivity contribution in [2.75, 3.05) is 25.2 Å². The third-order valence-electron chi connectivity index (χ3n) is 9.43. The quantitative estimate of drug-likeness (QED) is 0.128. The minimum Gasteiger partial charge on any atom is -0.469 e. The van der Waals surface area contributed by atoms with Gasteiger partial charge in [-0.15, -0.1) is 0 Å². The highest BCUT2D eigenvalue weighted by atomic mass is 127. The van der Waals surface area contributed by atoms with Gasteiger partial charge in [0.05, 0.1) is 38.0 Å². The number of fused-ring (bicyclic) bond motifs is 3. The van der Waals surface area contributed by atoms with Crippen LogP contribution in [0.3, 0.4) is 0 Å². The van der Waals surface area contributed by atoms with E-state index < -0.39 is 31.6 Å². The molecule has 0 unspecified atom stereocenters. The zero-order chi connectivity index (χ0) is 31.1. The number of carbonyl (C=O) groups is 3. The van der Waals surface area contributed by atoms with Crippen molar-refractivity contribution >= 4 is 54.5 Å². The summed E-state index contributed by atoms with van der Waals surface area (Å²) < 4.78 is 28.7. The Hall–Kier alpha value is -2.35. The number of nitrogens with zero attached hydrogens (tertiary/aromatic N) is 2. The number of unbranched alkanes of at least 4 members (excludes halogenated alkanes) is 1. The average molecular weight is 723 g/mol. The molecule has 3 heterocycles. The first kappa shape index (κ1) is 32.1. The second-order valence-corrected chi connectivity index (χ2v) is 17.5. The molecule has 43 heavy (non-hydrogen) atoms. The van der Waals surface area contributed by atoms with Crippen LogP contribution in [0.5, 0.6) is 0 Å². The number of halogens is 2. The zero-order valence-electron chi connectivity index (χ0n) is 25.1. The van der Waals surface area contributed by atoms with Gasteiger partial charge in [-0.05, 0) is 84.3 Å². The van der Waals surface area contributed by atoms with Crippen molar-refractivity contribution < 1.29 is 33.1 Å². The van der Waals surface area contributed by atoms with Gasteiger partial charge in [0.15, 0.2) is 5.60 Å². The van der Waals surface area contributed by atoms with Crippen LogP contribution in [-0.4, -0.2) is 68.6 Å². The van der Waals surface area contributed by atoms with E-state index in [1.165, 1.54) is 7.11 Å². The molecule has 0 radical (unpaired) electrons. The van der Waals surface area contributed by atoms with Crippen LogP contribution in [0.2, 0.25) is 18.6 Å². The van der Waals surface area contributed by atoms with Gasteiger partial charge in [0, 0.05) is 40.1 Å². The molecule has 0 aliphatic carbocycles. The Labute approximate surface area is 267 Å². The predicted molar refractivity (Wildman–Crippen MR) is 172 cm³/mol. The third kappa shape index (κ3) is 5.89. The number of ether oxygens (including phenoxy) is 2. The number of esters is 1. The summed E-state index contributed by atoms with van der Waals surface area (Å²) in [5.74, 6) is -1.25. The van der Waals surface area contributed by atoms with Crippen molar-refractivity contribution in [3.63, 3.8) is 0 Å². The second-order valence-electron chi connectivity index (χ2n) is 12.5.